The van der Waals surface area contributed by atoms with Gasteiger partial charge in [0.2, 0.25) is 0 Å². The van der Waals surface area contributed by atoms with Crippen LogP contribution in [-0.4, -0.2) is 4.57 Å². The number of rotatable bonds is 3. The standard InChI is InChI=1S/C34H20N2O3/c37-35-27-13-5-3-11-24(27)26-20-31-34(39-30-16-8-7-15-29(30)38-31)33-32(26)25-12-4-6-14-28(25)36(33)23-18-17-21-9-1-2-10-22(21)19-23/h1-20H. The van der Waals surface area contributed by atoms with E-state index in [1.165, 1.54) is 5.39 Å². The minimum atomic E-state index is 0.374. The highest BCUT2D eigenvalue weighted by Gasteiger charge is 2.29. The summed E-state index contributed by atoms with van der Waals surface area (Å²) in [7, 11) is 0. The van der Waals surface area contributed by atoms with Crippen LogP contribution in [0.3, 0.4) is 0 Å². The van der Waals surface area contributed by atoms with Crippen LogP contribution < -0.4 is 9.47 Å². The fraction of sp³-hybridized carbons (Fsp3) is 0. The summed E-state index contributed by atoms with van der Waals surface area (Å²) >= 11 is 0. The molecule has 0 fully saturated rings. The van der Waals surface area contributed by atoms with Crippen LogP contribution in [0.2, 0.25) is 0 Å². The summed E-state index contributed by atoms with van der Waals surface area (Å²) in [5.41, 5.74) is 4.87. The van der Waals surface area contributed by atoms with E-state index in [4.69, 9.17) is 9.47 Å². The minimum absolute atomic E-state index is 0.374. The van der Waals surface area contributed by atoms with Gasteiger partial charge in [0.05, 0.1) is 5.52 Å². The summed E-state index contributed by atoms with van der Waals surface area (Å²) in [6.45, 7) is 0. The summed E-state index contributed by atoms with van der Waals surface area (Å²) in [5.74, 6) is 2.52. The summed E-state index contributed by atoms with van der Waals surface area (Å²) in [6.07, 6.45) is 0. The van der Waals surface area contributed by atoms with E-state index in [-0.39, 0.29) is 0 Å². The summed E-state index contributed by atoms with van der Waals surface area (Å²) < 4.78 is 15.2. The van der Waals surface area contributed by atoms with E-state index >= 15 is 0 Å². The Morgan fingerprint density at radius 1 is 0.590 bits per heavy atom. The molecule has 0 bridgehead atoms. The van der Waals surface area contributed by atoms with E-state index in [9.17, 15) is 4.91 Å². The van der Waals surface area contributed by atoms with Gasteiger partial charge in [-0.15, -0.1) is 4.91 Å². The lowest BCUT2D eigenvalue weighted by Gasteiger charge is -2.23. The second-order valence-electron chi connectivity index (χ2n) is 9.62. The molecule has 0 N–H and O–H groups in total. The van der Waals surface area contributed by atoms with E-state index in [1.807, 2.05) is 66.7 Å². The largest absolute Gasteiger partial charge is 0.449 e. The molecule has 1 aliphatic rings. The van der Waals surface area contributed by atoms with Crippen LogP contribution in [0.4, 0.5) is 5.69 Å². The molecule has 0 spiro atoms. The van der Waals surface area contributed by atoms with Gasteiger partial charge in [0.1, 0.15) is 11.2 Å². The van der Waals surface area contributed by atoms with Crippen molar-refractivity contribution >= 4 is 38.3 Å². The average molecular weight is 505 g/mol. The van der Waals surface area contributed by atoms with Crippen LogP contribution in [0, 0.1) is 4.91 Å². The number of benzene rings is 6. The highest BCUT2D eigenvalue weighted by Crippen LogP contribution is 2.54. The molecule has 5 heteroatoms. The molecule has 0 aliphatic carbocycles. The Morgan fingerprint density at radius 3 is 2.18 bits per heavy atom. The lowest BCUT2D eigenvalue weighted by molar-refractivity contribution is 0.362. The maximum atomic E-state index is 11.9. The second-order valence-corrected chi connectivity index (χ2v) is 9.62. The number of hydrogen-bond acceptors (Lipinski definition) is 4. The highest BCUT2D eigenvalue weighted by atomic mass is 16.6. The van der Waals surface area contributed by atoms with Crippen molar-refractivity contribution < 1.29 is 9.47 Å². The van der Waals surface area contributed by atoms with Gasteiger partial charge in [0.15, 0.2) is 23.0 Å². The third-order valence-electron chi connectivity index (χ3n) is 7.42. The fourth-order valence-corrected chi connectivity index (χ4v) is 5.71. The third-order valence-corrected chi connectivity index (χ3v) is 7.42. The SMILES string of the molecule is O=Nc1ccccc1-c1cc2c(c3c1c1ccccc1n3-c1ccc3ccccc3c1)Oc1ccccc1O2. The van der Waals surface area contributed by atoms with Crippen LogP contribution >= 0.6 is 0 Å². The van der Waals surface area contributed by atoms with E-state index < -0.39 is 0 Å². The number of fused-ring (bicyclic) bond motifs is 7. The molecule has 7 aromatic rings. The van der Waals surface area contributed by atoms with Gasteiger partial charge in [0.25, 0.3) is 0 Å². The van der Waals surface area contributed by atoms with Gasteiger partial charge in [0, 0.05) is 22.0 Å². The van der Waals surface area contributed by atoms with Crippen LogP contribution in [0.15, 0.2) is 127 Å². The van der Waals surface area contributed by atoms with Crippen LogP contribution in [0.25, 0.3) is 49.4 Å². The number of nitroso groups, excluding NO2 is 1. The molecule has 0 saturated heterocycles. The molecule has 1 aromatic heterocycles. The molecule has 0 atom stereocenters. The minimum Gasteiger partial charge on any atom is -0.449 e. The van der Waals surface area contributed by atoms with Crippen molar-refractivity contribution in [2.24, 2.45) is 5.18 Å². The van der Waals surface area contributed by atoms with Crippen molar-refractivity contribution in [2.45, 2.75) is 0 Å². The van der Waals surface area contributed by atoms with Gasteiger partial charge in [-0.2, -0.15) is 0 Å². The third kappa shape index (κ3) is 3.20. The number of ether oxygens (including phenoxy) is 2. The Balaban J connectivity index is 1.55. The van der Waals surface area contributed by atoms with E-state index in [1.54, 1.807) is 6.07 Å². The van der Waals surface area contributed by atoms with Gasteiger partial charge < -0.3 is 14.0 Å². The monoisotopic (exact) mass is 504 g/mol. The van der Waals surface area contributed by atoms with Crippen molar-refractivity contribution in [1.29, 1.82) is 0 Å². The van der Waals surface area contributed by atoms with Gasteiger partial charge in [-0.05, 0) is 64.0 Å². The highest BCUT2D eigenvalue weighted by molar-refractivity contribution is 6.19. The number of nitrogens with zero attached hydrogens (tertiary/aromatic N) is 2. The molecular weight excluding hydrogens is 484 g/mol. The molecule has 2 heterocycles. The first kappa shape index (κ1) is 21.6. The second kappa shape index (κ2) is 8.30. The maximum absolute atomic E-state index is 11.9. The van der Waals surface area contributed by atoms with Crippen LogP contribution in [0.1, 0.15) is 0 Å². The predicted molar refractivity (Wildman–Crippen MR) is 156 cm³/mol. The smallest absolute Gasteiger partial charge is 0.194 e. The Morgan fingerprint density at radius 2 is 1.31 bits per heavy atom. The van der Waals surface area contributed by atoms with Gasteiger partial charge in [-0.25, -0.2) is 0 Å². The van der Waals surface area contributed by atoms with Crippen molar-refractivity contribution in [3.63, 3.8) is 0 Å². The van der Waals surface area contributed by atoms with E-state index in [0.29, 0.717) is 28.7 Å². The molecule has 0 saturated carbocycles. The summed E-state index contributed by atoms with van der Waals surface area (Å²) in [5, 5.41) is 7.68. The number of hydrogen-bond donors (Lipinski definition) is 0. The topological polar surface area (TPSA) is 52.8 Å². The molecule has 1 aliphatic heterocycles. The zero-order valence-corrected chi connectivity index (χ0v) is 20.7. The number of para-hydroxylation sites is 3. The summed E-state index contributed by atoms with van der Waals surface area (Å²) in [4.78, 5) is 11.9. The first-order valence-corrected chi connectivity index (χ1v) is 12.8. The molecular formula is C34H20N2O3. The molecule has 0 unspecified atom stereocenters. The molecule has 0 amide bonds. The molecule has 0 radical (unpaired) electrons. The van der Waals surface area contributed by atoms with Crippen LogP contribution in [0.5, 0.6) is 23.0 Å². The van der Waals surface area contributed by atoms with Crippen molar-refractivity contribution in [2.75, 3.05) is 0 Å². The Labute approximate surface area is 223 Å². The Kier molecular flexibility index (Phi) is 4.60. The maximum Gasteiger partial charge on any atom is 0.194 e. The van der Waals surface area contributed by atoms with E-state index in [0.717, 1.165) is 44.0 Å². The average Bonchev–Trinajstić information content (AvgIpc) is 3.35. The Bertz CT molecular complexity index is 2110. The Hall–Kier alpha value is -5.42. The molecule has 184 valence electrons. The first-order valence-electron chi connectivity index (χ1n) is 12.8. The van der Waals surface area contributed by atoms with Crippen molar-refractivity contribution in [1.82, 2.24) is 4.57 Å². The molecule has 6 aromatic carbocycles. The summed E-state index contributed by atoms with van der Waals surface area (Å²) in [6, 6.07) is 40.1. The fourth-order valence-electron chi connectivity index (χ4n) is 5.71. The van der Waals surface area contributed by atoms with Crippen molar-refractivity contribution in [3.05, 3.63) is 126 Å². The van der Waals surface area contributed by atoms with E-state index in [2.05, 4.69) is 58.3 Å². The zero-order chi connectivity index (χ0) is 25.9. The van der Waals surface area contributed by atoms with Crippen molar-refractivity contribution in [3.8, 4) is 39.8 Å². The normalized spacial score (nSPS) is 12.1. The van der Waals surface area contributed by atoms with Gasteiger partial charge in [-0.1, -0.05) is 78.9 Å². The van der Waals surface area contributed by atoms with Gasteiger partial charge in [-0.3, -0.25) is 0 Å². The lowest BCUT2D eigenvalue weighted by atomic mass is 9.97. The van der Waals surface area contributed by atoms with Crippen LogP contribution in [-0.2, 0) is 0 Å². The zero-order valence-electron chi connectivity index (χ0n) is 20.7. The quantitative estimate of drug-likeness (QED) is 0.225. The molecule has 8 rings (SSSR count). The first-order chi connectivity index (χ1) is 19.3. The predicted octanol–water partition coefficient (Wildman–Crippen LogP) is 9.90. The molecule has 5 nitrogen and oxygen atoms in total. The lowest BCUT2D eigenvalue weighted by Crippen LogP contribution is -2.03. The molecule has 39 heavy (non-hydrogen) atoms. The van der Waals surface area contributed by atoms with Gasteiger partial charge >= 0.3 is 0 Å². The number of aromatic nitrogens is 1.